The smallest absolute Gasteiger partial charge is 0.127 e. The Labute approximate surface area is 113 Å². The Morgan fingerprint density at radius 2 is 1.89 bits per heavy atom. The summed E-state index contributed by atoms with van der Waals surface area (Å²) in [5.74, 6) is -0.293. The molecule has 0 aliphatic heterocycles. The zero-order valence-electron chi connectivity index (χ0n) is 11.4. The van der Waals surface area contributed by atoms with Crippen molar-refractivity contribution in [3.05, 3.63) is 59.4 Å². The largest absolute Gasteiger partial charge is 0.399 e. The Morgan fingerprint density at radius 3 is 2.53 bits per heavy atom. The van der Waals surface area contributed by atoms with E-state index in [0.717, 1.165) is 18.8 Å². The zero-order chi connectivity index (χ0) is 13.8. The van der Waals surface area contributed by atoms with E-state index in [4.69, 9.17) is 5.73 Å². The summed E-state index contributed by atoms with van der Waals surface area (Å²) in [5, 5.41) is 0. The average molecular weight is 258 g/mol. The number of rotatable bonds is 4. The lowest BCUT2D eigenvalue weighted by Crippen LogP contribution is -2.22. The third-order valence-corrected chi connectivity index (χ3v) is 3.27. The van der Waals surface area contributed by atoms with Gasteiger partial charge in [0, 0.05) is 24.5 Å². The minimum atomic E-state index is -0.293. The molecule has 0 radical (unpaired) electrons. The second kappa shape index (κ2) is 5.74. The molecule has 2 N–H and O–H groups in total. The van der Waals surface area contributed by atoms with Crippen LogP contribution in [0.3, 0.4) is 0 Å². The molecule has 0 spiro atoms. The van der Waals surface area contributed by atoms with Gasteiger partial charge in [-0.3, -0.25) is 0 Å². The highest BCUT2D eigenvalue weighted by Gasteiger charge is 2.09. The first kappa shape index (κ1) is 13.4. The van der Waals surface area contributed by atoms with Crippen molar-refractivity contribution in [2.45, 2.75) is 20.4 Å². The van der Waals surface area contributed by atoms with E-state index >= 15 is 0 Å². The third-order valence-electron chi connectivity index (χ3n) is 3.27. The van der Waals surface area contributed by atoms with Crippen molar-refractivity contribution in [2.75, 3.05) is 17.2 Å². The number of halogens is 1. The first-order chi connectivity index (χ1) is 9.10. The molecular weight excluding hydrogens is 239 g/mol. The van der Waals surface area contributed by atoms with Crippen LogP contribution in [-0.2, 0) is 6.54 Å². The monoisotopic (exact) mass is 258 g/mol. The van der Waals surface area contributed by atoms with Crippen molar-refractivity contribution in [2.24, 2.45) is 0 Å². The summed E-state index contributed by atoms with van der Waals surface area (Å²) in [6.45, 7) is 5.70. The number of benzene rings is 2. The van der Waals surface area contributed by atoms with Crippen LogP contribution in [0.5, 0.6) is 0 Å². The number of hydrogen-bond donors (Lipinski definition) is 1. The molecule has 0 unspecified atom stereocenters. The molecule has 0 aromatic heterocycles. The van der Waals surface area contributed by atoms with Crippen LogP contribution in [0, 0.1) is 12.7 Å². The van der Waals surface area contributed by atoms with Crippen LogP contribution in [0.4, 0.5) is 15.8 Å². The minimum absolute atomic E-state index is 0.293. The van der Waals surface area contributed by atoms with Crippen molar-refractivity contribution < 1.29 is 4.39 Å². The second-order valence-corrected chi connectivity index (χ2v) is 4.68. The molecule has 0 heterocycles. The fourth-order valence-corrected chi connectivity index (χ4v) is 2.16. The van der Waals surface area contributed by atoms with Crippen LogP contribution in [0.2, 0.25) is 0 Å². The summed E-state index contributed by atoms with van der Waals surface area (Å²) < 4.78 is 13.4. The van der Waals surface area contributed by atoms with Gasteiger partial charge in [0.05, 0.1) is 0 Å². The lowest BCUT2D eigenvalue weighted by molar-refractivity contribution is 0.627. The number of nitrogens with two attached hydrogens (primary N) is 1. The maximum Gasteiger partial charge on any atom is 0.127 e. The Hall–Kier alpha value is -2.03. The average Bonchev–Trinajstić information content (AvgIpc) is 2.36. The Morgan fingerprint density at radius 1 is 1.16 bits per heavy atom. The first-order valence-corrected chi connectivity index (χ1v) is 6.45. The zero-order valence-corrected chi connectivity index (χ0v) is 11.4. The molecule has 0 saturated heterocycles. The molecule has 0 amide bonds. The van der Waals surface area contributed by atoms with Gasteiger partial charge in [0.25, 0.3) is 0 Å². The second-order valence-electron chi connectivity index (χ2n) is 4.68. The first-order valence-electron chi connectivity index (χ1n) is 6.45. The highest BCUT2D eigenvalue weighted by atomic mass is 19.1. The van der Waals surface area contributed by atoms with Gasteiger partial charge < -0.3 is 10.6 Å². The van der Waals surface area contributed by atoms with E-state index in [1.165, 1.54) is 23.3 Å². The molecule has 0 atom stereocenters. The van der Waals surface area contributed by atoms with E-state index in [1.54, 1.807) is 0 Å². The molecule has 0 saturated carbocycles. The molecule has 0 fully saturated rings. The lowest BCUT2D eigenvalue weighted by Gasteiger charge is -2.24. The maximum absolute atomic E-state index is 13.4. The Balaban J connectivity index is 2.28. The summed E-state index contributed by atoms with van der Waals surface area (Å²) in [6.07, 6.45) is 0. The number of nitrogen functional groups attached to an aromatic ring is 1. The van der Waals surface area contributed by atoms with Gasteiger partial charge >= 0.3 is 0 Å². The molecule has 0 aliphatic rings. The summed E-state index contributed by atoms with van der Waals surface area (Å²) in [5.41, 5.74) is 9.47. The maximum atomic E-state index is 13.4. The van der Waals surface area contributed by atoms with E-state index in [9.17, 15) is 4.39 Å². The van der Waals surface area contributed by atoms with Gasteiger partial charge in [-0.1, -0.05) is 24.3 Å². The van der Waals surface area contributed by atoms with E-state index in [0.29, 0.717) is 5.69 Å². The Bertz CT molecular complexity index is 546. The van der Waals surface area contributed by atoms with Crippen molar-refractivity contribution in [1.29, 1.82) is 0 Å². The SMILES string of the molecule is CCN(Cc1ccccc1C)c1cc(N)cc(F)c1. The van der Waals surface area contributed by atoms with Crippen molar-refractivity contribution >= 4 is 11.4 Å². The highest BCUT2D eigenvalue weighted by Crippen LogP contribution is 2.22. The molecule has 100 valence electrons. The van der Waals surface area contributed by atoms with Crippen LogP contribution in [0.25, 0.3) is 0 Å². The predicted molar refractivity (Wildman–Crippen MR) is 78.7 cm³/mol. The van der Waals surface area contributed by atoms with Gasteiger partial charge in [-0.25, -0.2) is 4.39 Å². The molecule has 0 aliphatic carbocycles. The predicted octanol–water partition coefficient (Wildman–Crippen LogP) is 3.74. The Kier molecular flexibility index (Phi) is 4.05. The topological polar surface area (TPSA) is 29.3 Å². The molecule has 2 nitrogen and oxygen atoms in total. The van der Waals surface area contributed by atoms with Gasteiger partial charge in [0.15, 0.2) is 0 Å². The molecule has 2 rings (SSSR count). The third kappa shape index (κ3) is 3.25. The summed E-state index contributed by atoms with van der Waals surface area (Å²) in [4.78, 5) is 2.11. The quantitative estimate of drug-likeness (QED) is 0.846. The van der Waals surface area contributed by atoms with Gasteiger partial charge in [-0.05, 0) is 43.2 Å². The highest BCUT2D eigenvalue weighted by molar-refractivity contribution is 5.56. The fraction of sp³-hybridized carbons (Fsp3) is 0.250. The number of aryl methyl sites for hydroxylation is 1. The normalized spacial score (nSPS) is 10.5. The molecule has 2 aromatic rings. The molecular formula is C16H19FN2. The van der Waals surface area contributed by atoms with Crippen molar-refractivity contribution in [1.82, 2.24) is 0 Å². The molecule has 19 heavy (non-hydrogen) atoms. The van der Waals surface area contributed by atoms with Crippen LogP contribution in [0.15, 0.2) is 42.5 Å². The molecule has 2 aromatic carbocycles. The van der Waals surface area contributed by atoms with E-state index < -0.39 is 0 Å². The number of hydrogen-bond acceptors (Lipinski definition) is 2. The standard InChI is InChI=1S/C16H19FN2/c1-3-19(11-13-7-5-4-6-12(13)2)16-9-14(17)8-15(18)10-16/h4-10H,3,11,18H2,1-2H3. The minimum Gasteiger partial charge on any atom is -0.399 e. The van der Waals surface area contributed by atoms with Crippen molar-refractivity contribution in [3.8, 4) is 0 Å². The fourth-order valence-electron chi connectivity index (χ4n) is 2.16. The van der Waals surface area contributed by atoms with Crippen molar-refractivity contribution in [3.63, 3.8) is 0 Å². The van der Waals surface area contributed by atoms with Crippen LogP contribution < -0.4 is 10.6 Å². The summed E-state index contributed by atoms with van der Waals surface area (Å²) >= 11 is 0. The van der Waals surface area contributed by atoms with E-state index in [2.05, 4.69) is 30.9 Å². The van der Waals surface area contributed by atoms with Crippen LogP contribution in [0.1, 0.15) is 18.1 Å². The summed E-state index contributed by atoms with van der Waals surface area (Å²) in [7, 11) is 0. The van der Waals surface area contributed by atoms with Crippen LogP contribution in [-0.4, -0.2) is 6.54 Å². The van der Waals surface area contributed by atoms with Gasteiger partial charge in [-0.2, -0.15) is 0 Å². The summed E-state index contributed by atoms with van der Waals surface area (Å²) in [6, 6.07) is 12.9. The molecule has 0 bridgehead atoms. The molecule has 3 heteroatoms. The van der Waals surface area contributed by atoms with Gasteiger partial charge in [-0.15, -0.1) is 0 Å². The number of anilines is 2. The van der Waals surface area contributed by atoms with E-state index in [-0.39, 0.29) is 5.82 Å². The van der Waals surface area contributed by atoms with Crippen LogP contribution >= 0.6 is 0 Å². The lowest BCUT2D eigenvalue weighted by atomic mass is 10.1. The number of nitrogens with zero attached hydrogens (tertiary/aromatic N) is 1. The van der Waals surface area contributed by atoms with Gasteiger partial charge in [0.1, 0.15) is 5.82 Å². The van der Waals surface area contributed by atoms with E-state index in [1.807, 2.05) is 18.2 Å². The van der Waals surface area contributed by atoms with Gasteiger partial charge in [0.2, 0.25) is 0 Å².